The molecular formula is C16H14F3N5O2. The summed E-state index contributed by atoms with van der Waals surface area (Å²) in [5.41, 5.74) is -0.699. The summed E-state index contributed by atoms with van der Waals surface area (Å²) in [4.78, 5) is 27.0. The molecule has 0 aromatic carbocycles. The highest BCUT2D eigenvalue weighted by Gasteiger charge is 2.48. The van der Waals surface area contributed by atoms with Crippen LogP contribution < -0.4 is 4.90 Å². The number of carbonyl (C=O) groups is 1. The molecule has 10 heteroatoms. The molecule has 3 fully saturated rings. The predicted molar refractivity (Wildman–Crippen MR) is 83.5 cm³/mol. The fourth-order valence-electron chi connectivity index (χ4n) is 3.50. The standard InChI is InChI=1S/C16H14F3N5O2/c17-16(18,19)13-3-14(22-8-21-13)23-6-10-2-11(7-23)24(10)15(26)9-1-12(25)5-20-4-9/h1,3-5,8,10-11,25H,2,6-7H2. The number of anilines is 1. The first-order valence-electron chi connectivity index (χ1n) is 7.94. The van der Waals surface area contributed by atoms with Crippen molar-refractivity contribution in [3.63, 3.8) is 0 Å². The van der Waals surface area contributed by atoms with Crippen molar-refractivity contribution < 1.29 is 23.1 Å². The Labute approximate surface area is 146 Å². The van der Waals surface area contributed by atoms with E-state index in [1.54, 1.807) is 9.80 Å². The van der Waals surface area contributed by atoms with E-state index in [9.17, 15) is 23.1 Å². The summed E-state index contributed by atoms with van der Waals surface area (Å²) in [6, 6.07) is 2.04. The van der Waals surface area contributed by atoms with Crippen molar-refractivity contribution in [2.24, 2.45) is 0 Å². The van der Waals surface area contributed by atoms with E-state index in [1.165, 1.54) is 18.5 Å². The first-order chi connectivity index (χ1) is 12.3. The van der Waals surface area contributed by atoms with E-state index in [1.807, 2.05) is 0 Å². The largest absolute Gasteiger partial charge is 0.506 e. The molecule has 2 aromatic rings. The second-order valence-corrected chi connectivity index (χ2v) is 6.35. The van der Waals surface area contributed by atoms with Gasteiger partial charge in [0.2, 0.25) is 0 Å². The minimum absolute atomic E-state index is 0.0937. The van der Waals surface area contributed by atoms with Crippen LogP contribution in [0.25, 0.3) is 0 Å². The second kappa shape index (κ2) is 5.82. The number of piperazine rings is 1. The Morgan fingerprint density at radius 3 is 2.54 bits per heavy atom. The average Bonchev–Trinajstić information content (AvgIpc) is 2.61. The quantitative estimate of drug-likeness (QED) is 0.872. The van der Waals surface area contributed by atoms with Gasteiger partial charge in [0.05, 0.1) is 23.8 Å². The highest BCUT2D eigenvalue weighted by Crippen LogP contribution is 2.36. The number of piperidine rings is 1. The third-order valence-electron chi connectivity index (χ3n) is 4.67. The summed E-state index contributed by atoms with van der Waals surface area (Å²) in [6.07, 6.45) is -0.219. The molecule has 26 heavy (non-hydrogen) atoms. The molecule has 7 nitrogen and oxygen atoms in total. The summed E-state index contributed by atoms with van der Waals surface area (Å²) in [6.45, 7) is 0.783. The van der Waals surface area contributed by atoms with E-state index in [0.717, 1.165) is 18.8 Å². The molecule has 3 aliphatic rings. The highest BCUT2D eigenvalue weighted by molar-refractivity contribution is 5.95. The molecule has 5 rings (SSSR count). The molecule has 3 saturated heterocycles. The molecule has 3 aliphatic heterocycles. The Balaban J connectivity index is 1.50. The maximum Gasteiger partial charge on any atom is 0.433 e. The predicted octanol–water partition coefficient (Wildman–Crippen LogP) is 1.70. The number of fused-ring (bicyclic) bond motifs is 2. The number of carbonyl (C=O) groups excluding carboxylic acids is 1. The average molecular weight is 365 g/mol. The number of hydrogen-bond acceptors (Lipinski definition) is 6. The van der Waals surface area contributed by atoms with Crippen molar-refractivity contribution in [2.45, 2.75) is 24.7 Å². The van der Waals surface area contributed by atoms with Crippen molar-refractivity contribution in [2.75, 3.05) is 18.0 Å². The van der Waals surface area contributed by atoms with Gasteiger partial charge < -0.3 is 14.9 Å². The molecule has 0 saturated carbocycles. The molecule has 2 aromatic heterocycles. The Bertz CT molecular complexity index is 848. The number of pyridine rings is 1. The van der Waals surface area contributed by atoms with E-state index >= 15 is 0 Å². The summed E-state index contributed by atoms with van der Waals surface area (Å²) in [7, 11) is 0. The van der Waals surface area contributed by atoms with Crippen molar-refractivity contribution in [1.29, 1.82) is 0 Å². The molecule has 2 atom stereocenters. The monoisotopic (exact) mass is 365 g/mol. The zero-order chi connectivity index (χ0) is 18.5. The van der Waals surface area contributed by atoms with Gasteiger partial charge in [0, 0.05) is 25.4 Å². The van der Waals surface area contributed by atoms with E-state index in [2.05, 4.69) is 15.0 Å². The van der Waals surface area contributed by atoms with Gasteiger partial charge in [0.25, 0.3) is 5.91 Å². The lowest BCUT2D eigenvalue weighted by atomic mass is 9.86. The van der Waals surface area contributed by atoms with Crippen molar-refractivity contribution in [3.8, 4) is 5.75 Å². The van der Waals surface area contributed by atoms with Crippen LogP contribution in [0.1, 0.15) is 22.5 Å². The van der Waals surface area contributed by atoms with Crippen molar-refractivity contribution in [3.05, 3.63) is 42.1 Å². The summed E-state index contributed by atoms with van der Waals surface area (Å²) in [5.74, 6) is -0.134. The number of alkyl halides is 3. The number of rotatable bonds is 2. The van der Waals surface area contributed by atoms with Gasteiger partial charge in [-0.05, 0) is 12.5 Å². The second-order valence-electron chi connectivity index (χ2n) is 6.35. The first-order valence-corrected chi connectivity index (χ1v) is 7.94. The Hall–Kier alpha value is -2.91. The third kappa shape index (κ3) is 2.80. The van der Waals surface area contributed by atoms with Crippen LogP contribution in [0.3, 0.4) is 0 Å². The van der Waals surface area contributed by atoms with E-state index in [0.29, 0.717) is 13.1 Å². The lowest BCUT2D eigenvalue weighted by molar-refractivity contribution is -0.141. The number of aromatic nitrogens is 3. The summed E-state index contributed by atoms with van der Waals surface area (Å²) >= 11 is 0. The number of nitrogens with zero attached hydrogens (tertiary/aromatic N) is 5. The van der Waals surface area contributed by atoms with Crippen LogP contribution in [0.15, 0.2) is 30.9 Å². The molecule has 2 unspecified atom stereocenters. The van der Waals surface area contributed by atoms with Gasteiger partial charge in [-0.1, -0.05) is 0 Å². The molecule has 0 aliphatic carbocycles. The molecule has 0 radical (unpaired) electrons. The normalized spacial score (nSPS) is 22.1. The van der Waals surface area contributed by atoms with Gasteiger partial charge in [-0.3, -0.25) is 9.78 Å². The van der Waals surface area contributed by atoms with Crippen LogP contribution >= 0.6 is 0 Å². The van der Waals surface area contributed by atoms with E-state index in [4.69, 9.17) is 0 Å². The fourth-order valence-corrected chi connectivity index (χ4v) is 3.50. The van der Waals surface area contributed by atoms with Gasteiger partial charge in [-0.25, -0.2) is 9.97 Å². The molecule has 0 spiro atoms. The molecular weight excluding hydrogens is 351 g/mol. The Morgan fingerprint density at radius 2 is 1.88 bits per heavy atom. The minimum atomic E-state index is -4.53. The van der Waals surface area contributed by atoms with Gasteiger partial charge in [-0.15, -0.1) is 0 Å². The van der Waals surface area contributed by atoms with Gasteiger partial charge in [0.1, 0.15) is 23.6 Å². The van der Waals surface area contributed by atoms with Gasteiger partial charge >= 0.3 is 6.18 Å². The van der Waals surface area contributed by atoms with Gasteiger partial charge in [-0.2, -0.15) is 13.2 Å². The molecule has 1 amide bonds. The minimum Gasteiger partial charge on any atom is -0.506 e. The zero-order valence-corrected chi connectivity index (χ0v) is 13.4. The van der Waals surface area contributed by atoms with Crippen LogP contribution in [0, 0.1) is 0 Å². The number of hydrogen-bond donors (Lipinski definition) is 1. The Morgan fingerprint density at radius 1 is 1.15 bits per heavy atom. The van der Waals surface area contributed by atoms with Crippen LogP contribution in [0.4, 0.5) is 19.0 Å². The van der Waals surface area contributed by atoms with Crippen LogP contribution in [-0.2, 0) is 6.18 Å². The summed E-state index contributed by atoms with van der Waals surface area (Å²) < 4.78 is 38.5. The highest BCUT2D eigenvalue weighted by atomic mass is 19.4. The number of amides is 1. The fraction of sp³-hybridized carbons (Fsp3) is 0.375. The first kappa shape index (κ1) is 16.6. The molecule has 5 heterocycles. The third-order valence-corrected chi connectivity index (χ3v) is 4.67. The molecule has 136 valence electrons. The maximum absolute atomic E-state index is 12.8. The SMILES string of the molecule is O=C(c1cncc(O)c1)N1C2CC1CN(c1cc(C(F)(F)F)ncn1)C2. The maximum atomic E-state index is 12.8. The topological polar surface area (TPSA) is 82.5 Å². The molecule has 1 N–H and O–H groups in total. The zero-order valence-electron chi connectivity index (χ0n) is 13.4. The lowest BCUT2D eigenvalue weighted by Gasteiger charge is -2.56. The smallest absolute Gasteiger partial charge is 0.433 e. The van der Waals surface area contributed by atoms with Crippen LogP contribution in [0.5, 0.6) is 5.75 Å². The Kier molecular flexibility index (Phi) is 3.70. The van der Waals surface area contributed by atoms with E-state index < -0.39 is 11.9 Å². The van der Waals surface area contributed by atoms with Crippen LogP contribution in [-0.4, -0.2) is 56.0 Å². The van der Waals surface area contributed by atoms with Crippen LogP contribution in [0.2, 0.25) is 0 Å². The van der Waals surface area contributed by atoms with E-state index in [-0.39, 0.29) is 35.1 Å². The van der Waals surface area contributed by atoms with Gasteiger partial charge in [0.15, 0.2) is 0 Å². The molecule has 2 bridgehead atoms. The van der Waals surface area contributed by atoms with Crippen molar-refractivity contribution >= 4 is 11.7 Å². The lowest BCUT2D eigenvalue weighted by Crippen LogP contribution is -2.70. The number of halogens is 3. The number of aromatic hydroxyl groups is 1. The summed E-state index contributed by atoms with van der Waals surface area (Å²) in [5, 5.41) is 9.47. The van der Waals surface area contributed by atoms with Crippen molar-refractivity contribution in [1.82, 2.24) is 19.9 Å².